The molecule has 0 amide bonds. The minimum atomic E-state index is -0.317. The van der Waals surface area contributed by atoms with E-state index in [2.05, 4.69) is 33.8 Å². The Labute approximate surface area is 106 Å². The molecular weight excluding hydrogens is 212 g/mol. The predicted molar refractivity (Wildman–Crippen MR) is 72.0 cm³/mol. The van der Waals surface area contributed by atoms with Gasteiger partial charge in [-0.05, 0) is 37.5 Å². The topological polar surface area (TPSA) is 29.5 Å². The molecule has 1 N–H and O–H groups in total. The fraction of sp³-hybridized carbons (Fsp3) is 0.867. The summed E-state index contributed by atoms with van der Waals surface area (Å²) < 4.78 is 5.38. The summed E-state index contributed by atoms with van der Waals surface area (Å²) >= 11 is 0. The van der Waals surface area contributed by atoms with Crippen molar-refractivity contribution in [2.75, 3.05) is 7.11 Å². The van der Waals surface area contributed by atoms with E-state index >= 15 is 0 Å². The average Bonchev–Trinajstić information content (AvgIpc) is 2.28. The lowest BCUT2D eigenvalue weighted by Gasteiger charge is -2.45. The summed E-state index contributed by atoms with van der Waals surface area (Å²) in [5.41, 5.74) is 1.65. The molecule has 17 heavy (non-hydrogen) atoms. The van der Waals surface area contributed by atoms with E-state index in [0.29, 0.717) is 5.92 Å². The van der Waals surface area contributed by atoms with Crippen LogP contribution in [0.3, 0.4) is 0 Å². The van der Waals surface area contributed by atoms with E-state index in [4.69, 9.17) is 4.74 Å². The maximum atomic E-state index is 10.1. The molecule has 0 aromatic carbocycles. The molecular formula is C15H28O2. The lowest BCUT2D eigenvalue weighted by molar-refractivity contribution is -0.0842. The number of hydrogen-bond acceptors (Lipinski definition) is 2. The van der Waals surface area contributed by atoms with Gasteiger partial charge >= 0.3 is 0 Å². The number of hydrogen-bond donors (Lipinski definition) is 1. The van der Waals surface area contributed by atoms with E-state index in [0.717, 1.165) is 19.3 Å². The molecule has 1 saturated carbocycles. The first-order valence-electron chi connectivity index (χ1n) is 6.80. The lowest BCUT2D eigenvalue weighted by Crippen LogP contribution is -2.44. The van der Waals surface area contributed by atoms with Crippen LogP contribution in [-0.2, 0) is 4.74 Å². The highest BCUT2D eigenvalue weighted by Crippen LogP contribution is 2.45. The molecule has 1 rings (SSSR count). The zero-order valence-corrected chi connectivity index (χ0v) is 12.0. The maximum Gasteiger partial charge on any atom is 0.0835 e. The summed E-state index contributed by atoms with van der Waals surface area (Å²) in [6.45, 7) is 8.99. The Hall–Kier alpha value is -0.340. The molecule has 2 heteroatoms. The average molecular weight is 240 g/mol. The van der Waals surface area contributed by atoms with Gasteiger partial charge in [0.15, 0.2) is 0 Å². The van der Waals surface area contributed by atoms with Gasteiger partial charge in [0, 0.05) is 7.11 Å². The smallest absolute Gasteiger partial charge is 0.0835 e. The molecule has 1 aliphatic carbocycles. The second-order valence-corrected chi connectivity index (χ2v) is 6.06. The van der Waals surface area contributed by atoms with Gasteiger partial charge in [0.05, 0.1) is 12.2 Å². The summed E-state index contributed by atoms with van der Waals surface area (Å²) in [6, 6.07) is 0. The molecule has 100 valence electrons. The summed E-state index contributed by atoms with van der Waals surface area (Å²) in [5, 5.41) is 10.1. The Balaban J connectivity index is 2.79. The number of ether oxygens (including phenoxy) is 1. The molecule has 0 bridgehead atoms. The largest absolute Gasteiger partial charge is 0.390 e. The van der Waals surface area contributed by atoms with Crippen molar-refractivity contribution in [2.45, 2.75) is 65.6 Å². The standard InChI is InChI=1S/C15H28O2/c1-6-7-8-11(2)12-9-13(16)14(17-5)10-15(12,3)4/h8,12-14,16H,6-7,9-10H2,1-5H3/b11-8-. The van der Waals surface area contributed by atoms with Crippen LogP contribution < -0.4 is 0 Å². The Morgan fingerprint density at radius 1 is 1.47 bits per heavy atom. The minimum Gasteiger partial charge on any atom is -0.390 e. The Bertz CT molecular complexity index is 268. The second kappa shape index (κ2) is 6.01. The summed E-state index contributed by atoms with van der Waals surface area (Å²) in [6.07, 6.45) is 6.12. The van der Waals surface area contributed by atoms with Crippen molar-refractivity contribution in [1.82, 2.24) is 0 Å². The fourth-order valence-corrected chi connectivity index (χ4v) is 3.07. The lowest BCUT2D eigenvalue weighted by atomic mass is 9.64. The number of aliphatic hydroxyl groups excluding tert-OH is 1. The van der Waals surface area contributed by atoms with E-state index in [1.54, 1.807) is 7.11 Å². The van der Waals surface area contributed by atoms with Crippen LogP contribution in [0.5, 0.6) is 0 Å². The molecule has 0 radical (unpaired) electrons. The highest BCUT2D eigenvalue weighted by Gasteiger charge is 2.41. The molecule has 3 unspecified atom stereocenters. The second-order valence-electron chi connectivity index (χ2n) is 6.06. The number of allylic oxidation sites excluding steroid dienone is 2. The highest BCUT2D eigenvalue weighted by molar-refractivity contribution is 5.11. The third-order valence-electron chi connectivity index (χ3n) is 4.18. The van der Waals surface area contributed by atoms with Crippen molar-refractivity contribution in [3.05, 3.63) is 11.6 Å². The molecule has 0 saturated heterocycles. The van der Waals surface area contributed by atoms with Gasteiger partial charge in [-0.3, -0.25) is 0 Å². The molecule has 0 heterocycles. The van der Waals surface area contributed by atoms with Crippen molar-refractivity contribution >= 4 is 0 Å². The van der Waals surface area contributed by atoms with Crippen LogP contribution in [0.2, 0.25) is 0 Å². The van der Waals surface area contributed by atoms with Crippen LogP contribution in [0.15, 0.2) is 11.6 Å². The van der Waals surface area contributed by atoms with Gasteiger partial charge in [0.2, 0.25) is 0 Å². The number of methoxy groups -OCH3 is 1. The van der Waals surface area contributed by atoms with Crippen molar-refractivity contribution in [3.8, 4) is 0 Å². The summed E-state index contributed by atoms with van der Waals surface area (Å²) in [4.78, 5) is 0. The van der Waals surface area contributed by atoms with Crippen molar-refractivity contribution in [2.24, 2.45) is 11.3 Å². The van der Waals surface area contributed by atoms with E-state index < -0.39 is 0 Å². The highest BCUT2D eigenvalue weighted by atomic mass is 16.5. The summed E-state index contributed by atoms with van der Waals surface area (Å²) in [5.74, 6) is 0.482. The van der Waals surface area contributed by atoms with Crippen LogP contribution in [0.25, 0.3) is 0 Å². The van der Waals surface area contributed by atoms with Gasteiger partial charge in [-0.15, -0.1) is 0 Å². The van der Waals surface area contributed by atoms with Gasteiger partial charge in [-0.1, -0.05) is 38.8 Å². The molecule has 1 aliphatic rings. The molecule has 1 fully saturated rings. The molecule has 0 aromatic heterocycles. The first-order valence-corrected chi connectivity index (χ1v) is 6.80. The van der Waals surface area contributed by atoms with E-state index in [-0.39, 0.29) is 17.6 Å². The minimum absolute atomic E-state index is 0.000208. The number of aliphatic hydroxyl groups is 1. The van der Waals surface area contributed by atoms with Gasteiger partial charge in [-0.25, -0.2) is 0 Å². The monoisotopic (exact) mass is 240 g/mol. The maximum absolute atomic E-state index is 10.1. The third-order valence-corrected chi connectivity index (χ3v) is 4.18. The van der Waals surface area contributed by atoms with Crippen molar-refractivity contribution in [3.63, 3.8) is 0 Å². The van der Waals surface area contributed by atoms with Crippen molar-refractivity contribution < 1.29 is 9.84 Å². The first-order chi connectivity index (χ1) is 7.92. The molecule has 2 nitrogen and oxygen atoms in total. The SMILES string of the molecule is CCC/C=C(/C)C1CC(O)C(OC)CC1(C)C. The molecule has 0 spiro atoms. The van der Waals surface area contributed by atoms with Crippen LogP contribution in [-0.4, -0.2) is 24.4 Å². The van der Waals surface area contributed by atoms with E-state index in [1.165, 1.54) is 12.0 Å². The van der Waals surface area contributed by atoms with Gasteiger partial charge < -0.3 is 9.84 Å². The zero-order valence-electron chi connectivity index (χ0n) is 12.0. The Kier molecular flexibility index (Phi) is 5.21. The number of unbranched alkanes of at least 4 members (excludes halogenated alkanes) is 1. The van der Waals surface area contributed by atoms with Gasteiger partial charge in [-0.2, -0.15) is 0 Å². The van der Waals surface area contributed by atoms with Crippen molar-refractivity contribution in [1.29, 1.82) is 0 Å². The Morgan fingerprint density at radius 3 is 2.65 bits per heavy atom. The van der Waals surface area contributed by atoms with Crippen LogP contribution >= 0.6 is 0 Å². The van der Waals surface area contributed by atoms with E-state index in [9.17, 15) is 5.11 Å². The molecule has 0 aliphatic heterocycles. The summed E-state index contributed by atoms with van der Waals surface area (Å²) in [7, 11) is 1.70. The zero-order chi connectivity index (χ0) is 13.1. The van der Waals surface area contributed by atoms with Crippen LogP contribution in [0.1, 0.15) is 53.4 Å². The first kappa shape index (κ1) is 14.7. The normalized spacial score (nSPS) is 33.8. The Morgan fingerprint density at radius 2 is 2.12 bits per heavy atom. The molecule has 3 atom stereocenters. The van der Waals surface area contributed by atoms with Crippen LogP contribution in [0.4, 0.5) is 0 Å². The molecule has 0 aromatic rings. The number of rotatable bonds is 4. The quantitative estimate of drug-likeness (QED) is 0.762. The third kappa shape index (κ3) is 3.56. The van der Waals surface area contributed by atoms with Gasteiger partial charge in [0.25, 0.3) is 0 Å². The fourth-order valence-electron chi connectivity index (χ4n) is 3.07. The predicted octanol–water partition coefficient (Wildman–Crippen LogP) is 3.54. The van der Waals surface area contributed by atoms with Gasteiger partial charge in [0.1, 0.15) is 0 Å². The van der Waals surface area contributed by atoms with E-state index in [1.807, 2.05) is 0 Å². The van der Waals surface area contributed by atoms with Crippen LogP contribution in [0, 0.1) is 11.3 Å².